The van der Waals surface area contributed by atoms with Gasteiger partial charge in [0.05, 0.1) is 0 Å². The van der Waals surface area contributed by atoms with Crippen molar-refractivity contribution in [2.24, 2.45) is 0 Å². The van der Waals surface area contributed by atoms with Gasteiger partial charge in [0.1, 0.15) is 0 Å². The minimum absolute atomic E-state index is 0. The summed E-state index contributed by atoms with van der Waals surface area (Å²) in [7, 11) is 0. The van der Waals surface area contributed by atoms with E-state index in [1.165, 1.54) is 43.9 Å². The SMILES string of the molecule is C[Si](C)=[Hf+2].[Cl-].[Cl-].c1cc2c[cH-]sc-2c1.c1cc2c[cH-]sc-2c1. The molecule has 0 aromatic rings. The van der Waals surface area contributed by atoms with E-state index in [-0.39, 0.29) is 30.3 Å². The Morgan fingerprint density at radius 3 is 1.50 bits per heavy atom. The van der Waals surface area contributed by atoms with Gasteiger partial charge in [-0.25, -0.2) is 0 Å². The molecule has 0 saturated heterocycles. The Morgan fingerprint density at radius 2 is 1.18 bits per heavy atom. The van der Waals surface area contributed by atoms with Gasteiger partial charge < -0.3 is 24.8 Å². The van der Waals surface area contributed by atoms with E-state index >= 15 is 0 Å². The van der Waals surface area contributed by atoms with Crippen LogP contribution < -0.4 is 24.8 Å². The number of hydrogen-bond donors (Lipinski definition) is 0. The normalized spacial score (nSPS) is 8.91. The van der Waals surface area contributed by atoms with Crippen LogP contribution in [0.2, 0.25) is 13.1 Å². The van der Waals surface area contributed by atoms with Crippen molar-refractivity contribution in [3.8, 4) is 20.9 Å². The fourth-order valence-electron chi connectivity index (χ4n) is 1.69. The van der Waals surface area contributed by atoms with Crippen molar-refractivity contribution in [3.05, 3.63) is 59.3 Å². The van der Waals surface area contributed by atoms with Crippen molar-refractivity contribution < 1.29 is 47.8 Å². The fraction of sp³-hybridized carbons (Fsp3) is 0.125. The van der Waals surface area contributed by atoms with Crippen LogP contribution in [0.1, 0.15) is 0 Å². The molecule has 4 rings (SSSR count). The van der Waals surface area contributed by atoms with E-state index in [1.54, 1.807) is 22.7 Å². The van der Waals surface area contributed by atoms with Crippen LogP contribution in [0.25, 0.3) is 20.9 Å². The van der Waals surface area contributed by atoms with Gasteiger partial charge in [-0.3, -0.25) is 22.7 Å². The van der Waals surface area contributed by atoms with Gasteiger partial charge in [0, 0.05) is 0 Å². The van der Waals surface area contributed by atoms with E-state index < -0.39 is 0 Å². The van der Waals surface area contributed by atoms with Crippen LogP contribution >= 0.6 is 22.7 Å². The molecule has 0 nitrogen and oxygen atoms in total. The molecule has 4 aliphatic rings. The van der Waals surface area contributed by atoms with E-state index in [1.807, 2.05) is 0 Å². The summed E-state index contributed by atoms with van der Waals surface area (Å²) in [5.74, 6) is 0. The topological polar surface area (TPSA) is 0 Å². The summed E-state index contributed by atoms with van der Waals surface area (Å²) < 4.78 is 0. The van der Waals surface area contributed by atoms with Crippen LogP contribution in [0.3, 0.4) is 0 Å². The van der Waals surface area contributed by atoms with Gasteiger partial charge in [-0.15, -0.1) is 44.8 Å². The molecule has 0 bridgehead atoms. The molecule has 0 aromatic heterocycles. The van der Waals surface area contributed by atoms with Gasteiger partial charge in [0.2, 0.25) is 0 Å². The molecule has 22 heavy (non-hydrogen) atoms. The quantitative estimate of drug-likeness (QED) is 0.213. The summed E-state index contributed by atoms with van der Waals surface area (Å²) in [4.78, 5) is 2.79. The molecule has 2 aliphatic carbocycles. The van der Waals surface area contributed by atoms with E-state index in [0.29, 0.717) is 0 Å². The second kappa shape index (κ2) is 11.8. The summed E-state index contributed by atoms with van der Waals surface area (Å²) in [6.45, 7) is 4.66. The summed E-state index contributed by atoms with van der Waals surface area (Å²) in [6, 6.07) is 17.0. The molecular weight excluding hydrogens is 534 g/mol. The van der Waals surface area contributed by atoms with Crippen molar-refractivity contribution in [1.29, 1.82) is 0 Å². The van der Waals surface area contributed by atoms with Crippen LogP contribution in [0, 0.1) is 0 Å². The molecule has 2 aliphatic heterocycles. The van der Waals surface area contributed by atoms with Crippen LogP contribution in [0.5, 0.6) is 0 Å². The molecular formula is C16H16Cl2HfS2Si-2. The zero-order valence-electron chi connectivity index (χ0n) is 12.3. The first-order valence-corrected chi connectivity index (χ1v) is 16.0. The molecule has 0 amide bonds. The molecule has 0 fully saturated rings. The molecule has 116 valence electrons. The summed E-state index contributed by atoms with van der Waals surface area (Å²) in [5.41, 5.74) is 3.00. The first-order chi connectivity index (χ1) is 9.66. The fourth-order valence-corrected chi connectivity index (χ4v) is 3.27. The van der Waals surface area contributed by atoms with Crippen LogP contribution in [-0.2, 0) is 23.0 Å². The molecule has 2 heterocycles. The average molecular weight is 550 g/mol. The third kappa shape index (κ3) is 7.24. The number of hydrogen-bond acceptors (Lipinski definition) is 2. The molecule has 6 heteroatoms. The van der Waals surface area contributed by atoms with E-state index in [2.05, 4.69) is 72.4 Å². The Bertz CT molecular complexity index is 546. The standard InChI is InChI=1S/2C7H5S.C2H6Si.2ClH.Hf/c2*1-2-6-4-5-8-7(6)3-1;1-3-2;;;/h2*1-5H;1-2H3;2*1H;/q2*-1;;;;+2/p-2. The van der Waals surface area contributed by atoms with Gasteiger partial charge in [-0.2, -0.15) is 23.3 Å². The molecule has 0 unspecified atom stereocenters. The maximum Gasteiger partial charge on any atom is -0.0866 e. The zero-order valence-corrected chi connectivity index (χ0v) is 20.1. The number of fused-ring (bicyclic) bond motifs is 2. The predicted octanol–water partition coefficient (Wildman–Crippen LogP) is -0.0641. The largest absolute Gasteiger partial charge is 1.00 e. The van der Waals surface area contributed by atoms with E-state index in [4.69, 9.17) is 0 Å². The van der Waals surface area contributed by atoms with Gasteiger partial charge in [0.25, 0.3) is 0 Å². The minimum atomic E-state index is 0. The van der Waals surface area contributed by atoms with E-state index in [9.17, 15) is 0 Å². The first kappa shape index (κ1) is 22.3. The Kier molecular flexibility index (Phi) is 11.9. The molecule has 0 N–H and O–H groups in total. The molecule has 0 atom stereocenters. The predicted molar refractivity (Wildman–Crippen MR) is 90.6 cm³/mol. The zero-order chi connectivity index (χ0) is 14.4. The average Bonchev–Trinajstić information content (AvgIpc) is 3.10. The Hall–Kier alpha value is 0.287. The minimum Gasteiger partial charge on any atom is -1.00 e. The maximum atomic E-state index is 2.33. The second-order valence-electron chi connectivity index (χ2n) is 4.53. The molecule has 0 saturated carbocycles. The van der Waals surface area contributed by atoms with Gasteiger partial charge in [-0.1, -0.05) is 12.1 Å². The Balaban J connectivity index is 0.000000305. The summed E-state index contributed by atoms with van der Waals surface area (Å²) in [5, 5.41) is 4.23. The maximum absolute atomic E-state index is 2.33. The number of halogens is 2. The van der Waals surface area contributed by atoms with Crippen molar-refractivity contribution >= 4 is 28.2 Å². The third-order valence-electron chi connectivity index (χ3n) is 2.50. The van der Waals surface area contributed by atoms with Crippen LogP contribution in [0.15, 0.2) is 59.3 Å². The molecule has 0 aromatic carbocycles. The van der Waals surface area contributed by atoms with Gasteiger partial charge >= 0.3 is 41.6 Å². The van der Waals surface area contributed by atoms with Crippen molar-refractivity contribution in [2.45, 2.75) is 13.1 Å². The Labute approximate surface area is 167 Å². The summed E-state index contributed by atoms with van der Waals surface area (Å²) in [6.07, 6.45) is 0. The molecule has 0 spiro atoms. The monoisotopic (exact) mass is 550 g/mol. The first-order valence-electron chi connectivity index (χ1n) is 6.36. The van der Waals surface area contributed by atoms with Crippen molar-refractivity contribution in [1.82, 2.24) is 0 Å². The van der Waals surface area contributed by atoms with Crippen molar-refractivity contribution in [3.63, 3.8) is 0 Å². The second-order valence-corrected chi connectivity index (χ2v) is 19.2. The van der Waals surface area contributed by atoms with Crippen LogP contribution in [-0.4, -0.2) is 5.49 Å². The summed E-state index contributed by atoms with van der Waals surface area (Å²) >= 11 is 5.04. The van der Waals surface area contributed by atoms with Gasteiger partial charge in [0.15, 0.2) is 0 Å². The van der Waals surface area contributed by atoms with Crippen LogP contribution in [0.4, 0.5) is 0 Å². The molecule has 0 radical (unpaired) electrons. The third-order valence-corrected chi connectivity index (χ3v) is 4.30. The van der Waals surface area contributed by atoms with Gasteiger partial charge in [-0.05, 0) is 0 Å². The Morgan fingerprint density at radius 1 is 0.818 bits per heavy atom. The number of thiophene rings is 2. The van der Waals surface area contributed by atoms with E-state index in [0.717, 1.165) is 0 Å². The smallest absolute Gasteiger partial charge is 0.0866 e. The number of rotatable bonds is 0. The van der Waals surface area contributed by atoms with Crippen molar-refractivity contribution in [2.75, 3.05) is 0 Å².